The monoisotopic (exact) mass is 396 g/mol. The maximum atomic E-state index is 12.1. The second kappa shape index (κ2) is 8.49. The minimum Gasteiger partial charge on any atom is -0.489 e. The molecular formula is C21H17BrO3. The number of hydrogen-bond acceptors (Lipinski definition) is 3. The third-order valence-corrected chi connectivity index (χ3v) is 4.15. The molecule has 126 valence electrons. The Hall–Kier alpha value is -2.59. The van der Waals surface area contributed by atoms with Crippen LogP contribution >= 0.6 is 15.9 Å². The summed E-state index contributed by atoms with van der Waals surface area (Å²) in [5, 5.41) is 0. The summed E-state index contributed by atoms with van der Waals surface area (Å²) in [5.74, 6) is 0.471. The van der Waals surface area contributed by atoms with Gasteiger partial charge in [-0.15, -0.1) is 0 Å². The van der Waals surface area contributed by atoms with Crippen molar-refractivity contribution < 1.29 is 14.3 Å². The molecule has 25 heavy (non-hydrogen) atoms. The Bertz CT molecular complexity index is 812. The van der Waals surface area contributed by atoms with Gasteiger partial charge in [0.15, 0.2) is 0 Å². The lowest BCUT2D eigenvalue weighted by atomic mass is 10.1. The molecule has 0 saturated carbocycles. The van der Waals surface area contributed by atoms with Crippen molar-refractivity contribution in [1.29, 1.82) is 0 Å². The van der Waals surface area contributed by atoms with Crippen LogP contribution in [-0.4, -0.2) is 5.97 Å². The van der Waals surface area contributed by atoms with Crippen LogP contribution in [0.1, 0.15) is 21.5 Å². The van der Waals surface area contributed by atoms with Gasteiger partial charge in [-0.3, -0.25) is 0 Å². The number of carbonyl (C=O) groups is 1. The quantitative estimate of drug-likeness (QED) is 0.524. The molecule has 3 nitrogen and oxygen atoms in total. The number of benzene rings is 3. The molecule has 0 aliphatic heterocycles. The van der Waals surface area contributed by atoms with E-state index in [1.165, 1.54) is 0 Å². The van der Waals surface area contributed by atoms with E-state index in [0.29, 0.717) is 12.2 Å². The van der Waals surface area contributed by atoms with Gasteiger partial charge in [0, 0.05) is 4.47 Å². The van der Waals surface area contributed by atoms with E-state index in [1.54, 1.807) is 12.1 Å². The smallest absolute Gasteiger partial charge is 0.338 e. The molecule has 0 N–H and O–H groups in total. The van der Waals surface area contributed by atoms with Crippen molar-refractivity contribution in [2.24, 2.45) is 0 Å². The van der Waals surface area contributed by atoms with Crippen molar-refractivity contribution in [2.75, 3.05) is 0 Å². The maximum Gasteiger partial charge on any atom is 0.338 e. The first-order chi connectivity index (χ1) is 12.2. The van der Waals surface area contributed by atoms with Crippen LogP contribution in [0.25, 0.3) is 0 Å². The van der Waals surface area contributed by atoms with Gasteiger partial charge in [-0.2, -0.15) is 0 Å². The predicted molar refractivity (Wildman–Crippen MR) is 100 cm³/mol. The van der Waals surface area contributed by atoms with Crippen LogP contribution in [0.4, 0.5) is 0 Å². The highest BCUT2D eigenvalue weighted by atomic mass is 79.9. The summed E-state index contributed by atoms with van der Waals surface area (Å²) in [4.78, 5) is 12.1. The molecule has 0 fully saturated rings. The molecule has 0 atom stereocenters. The SMILES string of the molecule is O=C(OCc1ccccc1)c1ccc(COc2ccc(Br)cc2)cc1. The van der Waals surface area contributed by atoms with Crippen molar-refractivity contribution in [3.05, 3.63) is 100 Å². The molecule has 0 aliphatic rings. The highest BCUT2D eigenvalue weighted by Crippen LogP contribution is 2.17. The Morgan fingerprint density at radius 2 is 1.40 bits per heavy atom. The third-order valence-electron chi connectivity index (χ3n) is 3.62. The molecule has 0 aromatic heterocycles. The summed E-state index contributed by atoms with van der Waals surface area (Å²) >= 11 is 3.39. The van der Waals surface area contributed by atoms with Crippen molar-refractivity contribution in [3.63, 3.8) is 0 Å². The third kappa shape index (κ3) is 5.19. The zero-order chi connectivity index (χ0) is 17.5. The lowest BCUT2D eigenvalue weighted by Gasteiger charge is -2.08. The van der Waals surface area contributed by atoms with Crippen molar-refractivity contribution in [1.82, 2.24) is 0 Å². The van der Waals surface area contributed by atoms with Gasteiger partial charge in [0.2, 0.25) is 0 Å². The van der Waals surface area contributed by atoms with Gasteiger partial charge in [0.25, 0.3) is 0 Å². The van der Waals surface area contributed by atoms with E-state index in [9.17, 15) is 4.79 Å². The molecule has 0 unspecified atom stereocenters. The Morgan fingerprint density at radius 3 is 2.08 bits per heavy atom. The number of rotatable bonds is 6. The fourth-order valence-corrected chi connectivity index (χ4v) is 2.51. The van der Waals surface area contributed by atoms with Gasteiger partial charge < -0.3 is 9.47 Å². The van der Waals surface area contributed by atoms with Gasteiger partial charge in [-0.1, -0.05) is 58.4 Å². The summed E-state index contributed by atoms with van der Waals surface area (Å²) in [6.45, 7) is 0.717. The van der Waals surface area contributed by atoms with Crippen LogP contribution < -0.4 is 4.74 Å². The van der Waals surface area contributed by atoms with E-state index in [1.807, 2.05) is 66.7 Å². The second-order valence-corrected chi connectivity index (χ2v) is 6.42. The summed E-state index contributed by atoms with van der Waals surface area (Å²) in [5.41, 5.74) is 2.49. The van der Waals surface area contributed by atoms with E-state index in [4.69, 9.17) is 9.47 Å². The number of hydrogen-bond donors (Lipinski definition) is 0. The zero-order valence-electron chi connectivity index (χ0n) is 13.5. The van der Waals surface area contributed by atoms with E-state index >= 15 is 0 Å². The predicted octanol–water partition coefficient (Wildman–Crippen LogP) is 5.39. The molecule has 0 saturated heterocycles. The maximum absolute atomic E-state index is 12.1. The Morgan fingerprint density at radius 1 is 0.760 bits per heavy atom. The fourth-order valence-electron chi connectivity index (χ4n) is 2.24. The van der Waals surface area contributed by atoms with Crippen LogP contribution in [0.3, 0.4) is 0 Å². The summed E-state index contributed by atoms with van der Waals surface area (Å²) in [6, 6.07) is 24.6. The highest BCUT2D eigenvalue weighted by molar-refractivity contribution is 9.10. The Kier molecular flexibility index (Phi) is 5.86. The lowest BCUT2D eigenvalue weighted by Crippen LogP contribution is -2.05. The standard InChI is InChI=1S/C21H17BrO3/c22-19-10-12-20(13-11-19)24-14-17-6-8-18(9-7-17)21(23)25-15-16-4-2-1-3-5-16/h1-13H,14-15H2. The van der Waals surface area contributed by atoms with Crippen molar-refractivity contribution >= 4 is 21.9 Å². The Labute approximate surface area is 155 Å². The van der Waals surface area contributed by atoms with E-state index in [2.05, 4.69) is 15.9 Å². The van der Waals surface area contributed by atoms with Crippen LogP contribution in [0.5, 0.6) is 5.75 Å². The van der Waals surface area contributed by atoms with Crippen molar-refractivity contribution in [2.45, 2.75) is 13.2 Å². The highest BCUT2D eigenvalue weighted by Gasteiger charge is 2.07. The Balaban J connectivity index is 1.52. The first-order valence-corrected chi connectivity index (χ1v) is 8.68. The van der Waals surface area contributed by atoms with E-state index in [0.717, 1.165) is 21.3 Å². The molecule has 0 spiro atoms. The minimum absolute atomic E-state index is 0.272. The molecule has 0 aliphatic carbocycles. The number of ether oxygens (including phenoxy) is 2. The normalized spacial score (nSPS) is 10.3. The summed E-state index contributed by atoms with van der Waals surface area (Å²) in [6.07, 6.45) is 0. The summed E-state index contributed by atoms with van der Waals surface area (Å²) < 4.78 is 12.0. The molecule has 3 aromatic carbocycles. The molecule has 0 heterocycles. The first-order valence-electron chi connectivity index (χ1n) is 7.89. The zero-order valence-corrected chi connectivity index (χ0v) is 15.1. The van der Waals surface area contributed by atoms with Crippen LogP contribution in [0, 0.1) is 0 Å². The molecule has 3 rings (SSSR count). The van der Waals surface area contributed by atoms with Crippen molar-refractivity contribution in [3.8, 4) is 5.75 Å². The minimum atomic E-state index is -0.329. The van der Waals surface area contributed by atoms with Crippen LogP contribution in [0.2, 0.25) is 0 Å². The topological polar surface area (TPSA) is 35.5 Å². The molecule has 0 bridgehead atoms. The number of carbonyl (C=O) groups excluding carboxylic acids is 1. The summed E-state index contributed by atoms with van der Waals surface area (Å²) in [7, 11) is 0. The molecular weight excluding hydrogens is 380 g/mol. The van der Waals surface area contributed by atoms with E-state index in [-0.39, 0.29) is 12.6 Å². The molecule has 0 radical (unpaired) electrons. The number of halogens is 1. The average molecular weight is 397 g/mol. The van der Waals surface area contributed by atoms with Crippen LogP contribution in [-0.2, 0) is 18.0 Å². The first kappa shape index (κ1) is 17.2. The largest absolute Gasteiger partial charge is 0.489 e. The van der Waals surface area contributed by atoms with Gasteiger partial charge >= 0.3 is 5.97 Å². The number of esters is 1. The molecule has 0 amide bonds. The molecule has 4 heteroatoms. The van der Waals surface area contributed by atoms with E-state index < -0.39 is 0 Å². The second-order valence-electron chi connectivity index (χ2n) is 5.50. The lowest BCUT2D eigenvalue weighted by molar-refractivity contribution is 0.0472. The van der Waals surface area contributed by atoms with Crippen LogP contribution in [0.15, 0.2) is 83.3 Å². The average Bonchev–Trinajstić information content (AvgIpc) is 2.67. The van der Waals surface area contributed by atoms with Gasteiger partial charge in [0.05, 0.1) is 5.56 Å². The van der Waals surface area contributed by atoms with Gasteiger partial charge in [-0.25, -0.2) is 4.79 Å². The molecule has 3 aromatic rings. The van der Waals surface area contributed by atoms with Gasteiger partial charge in [-0.05, 0) is 47.5 Å². The fraction of sp³-hybridized carbons (Fsp3) is 0.0952. The van der Waals surface area contributed by atoms with Gasteiger partial charge in [0.1, 0.15) is 19.0 Å².